The molecule has 0 unspecified atom stereocenters. The number of thiophene rings is 1. The summed E-state index contributed by atoms with van der Waals surface area (Å²) in [4.78, 5) is 21.0. The predicted octanol–water partition coefficient (Wildman–Crippen LogP) is 4.64. The van der Waals surface area contributed by atoms with Gasteiger partial charge in [0.1, 0.15) is 9.71 Å². The molecule has 0 amide bonds. The minimum atomic E-state index is -4.42. The number of ether oxygens (including phenoxy) is 1. The van der Waals surface area contributed by atoms with E-state index in [2.05, 4.69) is 9.97 Å². The quantitative estimate of drug-likeness (QED) is 0.654. The highest BCUT2D eigenvalue weighted by atomic mass is 32.1. The number of anilines is 1. The molecule has 0 aliphatic heterocycles. The van der Waals surface area contributed by atoms with Gasteiger partial charge in [-0.05, 0) is 36.8 Å². The summed E-state index contributed by atoms with van der Waals surface area (Å²) in [5.41, 5.74) is 5.73. The number of nitrogens with two attached hydrogens (primary N) is 1. The molecular weight excluding hydrogens is 379 g/mol. The van der Waals surface area contributed by atoms with Crippen molar-refractivity contribution in [1.82, 2.24) is 9.97 Å². The number of esters is 1. The molecule has 0 saturated carbocycles. The van der Waals surface area contributed by atoms with Gasteiger partial charge in [-0.1, -0.05) is 18.2 Å². The molecule has 0 fully saturated rings. The Labute approximate surface area is 156 Å². The van der Waals surface area contributed by atoms with E-state index in [0.717, 1.165) is 23.5 Å². The van der Waals surface area contributed by atoms with Crippen LogP contribution in [-0.4, -0.2) is 22.5 Å². The van der Waals surface area contributed by atoms with Gasteiger partial charge in [0, 0.05) is 5.39 Å². The molecule has 0 aliphatic rings. The molecule has 3 rings (SSSR count). The van der Waals surface area contributed by atoms with Crippen LogP contribution in [0.1, 0.15) is 33.4 Å². The fraction of sp³-hybridized carbons (Fsp3) is 0.167. The lowest BCUT2D eigenvalue weighted by Gasteiger charge is -2.06. The molecule has 1 aromatic carbocycles. The highest BCUT2D eigenvalue weighted by Crippen LogP contribution is 2.31. The highest BCUT2D eigenvalue weighted by Gasteiger charge is 2.30. The predicted molar refractivity (Wildman–Crippen MR) is 98.2 cm³/mol. The number of hydrogen-bond donors (Lipinski definition) is 1. The summed E-state index contributed by atoms with van der Waals surface area (Å²) in [6.45, 7) is 1.94. The number of nitrogens with zero attached hydrogens (tertiary/aromatic N) is 2. The molecule has 0 aliphatic carbocycles. The second-order valence-electron chi connectivity index (χ2n) is 5.47. The van der Waals surface area contributed by atoms with Crippen molar-refractivity contribution in [2.45, 2.75) is 13.1 Å². The lowest BCUT2D eigenvalue weighted by molar-refractivity contribution is -0.137. The fourth-order valence-electron chi connectivity index (χ4n) is 2.38. The van der Waals surface area contributed by atoms with Crippen molar-refractivity contribution in [3.63, 3.8) is 0 Å². The Morgan fingerprint density at radius 1 is 1.26 bits per heavy atom. The Morgan fingerprint density at radius 2 is 2.04 bits per heavy atom. The van der Waals surface area contributed by atoms with Gasteiger partial charge in [-0.2, -0.15) is 13.2 Å². The maximum absolute atomic E-state index is 12.8. The summed E-state index contributed by atoms with van der Waals surface area (Å²) in [7, 11) is 0. The number of hydrogen-bond acceptors (Lipinski definition) is 6. The lowest BCUT2D eigenvalue weighted by atomic mass is 10.1. The molecule has 27 heavy (non-hydrogen) atoms. The van der Waals surface area contributed by atoms with Gasteiger partial charge in [-0.3, -0.25) is 0 Å². The van der Waals surface area contributed by atoms with E-state index in [1.807, 2.05) is 0 Å². The molecule has 0 atom stereocenters. The van der Waals surface area contributed by atoms with Gasteiger partial charge in [-0.25, -0.2) is 14.8 Å². The summed E-state index contributed by atoms with van der Waals surface area (Å²) in [5, 5.41) is 0.570. The van der Waals surface area contributed by atoms with Crippen molar-refractivity contribution in [3.8, 4) is 0 Å². The summed E-state index contributed by atoms with van der Waals surface area (Å²) < 4.78 is 43.5. The van der Waals surface area contributed by atoms with Crippen LogP contribution in [0.2, 0.25) is 0 Å². The van der Waals surface area contributed by atoms with Crippen LogP contribution >= 0.6 is 11.3 Å². The zero-order valence-electron chi connectivity index (χ0n) is 14.1. The number of alkyl halides is 3. The number of fused-ring (bicyclic) bond motifs is 1. The normalized spacial score (nSPS) is 12.0. The molecule has 2 N–H and O–H groups in total. The van der Waals surface area contributed by atoms with Crippen molar-refractivity contribution in [3.05, 3.63) is 52.0 Å². The molecule has 0 bridgehead atoms. The van der Waals surface area contributed by atoms with E-state index in [9.17, 15) is 18.0 Å². The number of halogens is 3. The molecule has 0 radical (unpaired) electrons. The van der Waals surface area contributed by atoms with Crippen molar-refractivity contribution >= 4 is 45.6 Å². The van der Waals surface area contributed by atoms with E-state index >= 15 is 0 Å². The van der Waals surface area contributed by atoms with Crippen molar-refractivity contribution < 1.29 is 22.7 Å². The first-order chi connectivity index (χ1) is 12.8. The number of nitrogen functional groups attached to an aromatic ring is 1. The SMILES string of the molecule is CCOC(=O)c1cc2c(C=Cc3cccc(C(F)(F)F)c3)nc(N)nc2s1. The van der Waals surface area contributed by atoms with Crippen LogP contribution in [0.4, 0.5) is 19.1 Å². The first kappa shape index (κ1) is 18.8. The number of rotatable bonds is 4. The zero-order chi connectivity index (χ0) is 19.6. The Balaban J connectivity index is 1.99. The average Bonchev–Trinajstić information content (AvgIpc) is 3.03. The average molecular weight is 393 g/mol. The number of carbonyl (C=O) groups is 1. The Hall–Kier alpha value is -2.94. The molecule has 0 spiro atoms. The molecule has 3 aromatic rings. The van der Waals surface area contributed by atoms with E-state index < -0.39 is 17.7 Å². The number of benzene rings is 1. The summed E-state index contributed by atoms with van der Waals surface area (Å²) >= 11 is 1.11. The van der Waals surface area contributed by atoms with E-state index in [1.165, 1.54) is 18.2 Å². The number of aromatic nitrogens is 2. The van der Waals surface area contributed by atoms with Gasteiger partial charge >= 0.3 is 12.1 Å². The van der Waals surface area contributed by atoms with Crippen LogP contribution in [0, 0.1) is 0 Å². The summed E-state index contributed by atoms with van der Waals surface area (Å²) in [5.74, 6) is -0.477. The van der Waals surface area contributed by atoms with Crippen molar-refractivity contribution in [2.75, 3.05) is 12.3 Å². The monoisotopic (exact) mass is 393 g/mol. The zero-order valence-corrected chi connectivity index (χ0v) is 14.9. The standard InChI is InChI=1S/C18H14F3N3O2S/c1-2-26-16(25)14-9-12-13(23-17(22)24-15(12)27-14)7-6-10-4-3-5-11(8-10)18(19,20)21/h3-9H,2H2,1H3,(H2,22,23,24). The van der Waals surface area contributed by atoms with Gasteiger partial charge in [-0.15, -0.1) is 11.3 Å². The number of carbonyl (C=O) groups excluding carboxylic acids is 1. The second kappa shape index (κ2) is 7.36. The molecule has 2 aromatic heterocycles. The molecular formula is C18H14F3N3O2S. The van der Waals surface area contributed by atoms with Gasteiger partial charge in [0.2, 0.25) is 5.95 Å². The fourth-order valence-corrected chi connectivity index (χ4v) is 3.32. The van der Waals surface area contributed by atoms with Gasteiger partial charge in [0.05, 0.1) is 17.9 Å². The topological polar surface area (TPSA) is 78.1 Å². The molecule has 2 heterocycles. The first-order valence-electron chi connectivity index (χ1n) is 7.87. The van der Waals surface area contributed by atoms with Crippen LogP contribution in [0.15, 0.2) is 30.3 Å². The van der Waals surface area contributed by atoms with Crippen molar-refractivity contribution in [2.24, 2.45) is 0 Å². The Bertz CT molecular complexity index is 1030. The third kappa shape index (κ3) is 4.25. The lowest BCUT2D eigenvalue weighted by Crippen LogP contribution is -2.04. The largest absolute Gasteiger partial charge is 0.462 e. The molecule has 140 valence electrons. The highest BCUT2D eigenvalue weighted by molar-refractivity contribution is 7.20. The van der Waals surface area contributed by atoms with E-state index in [-0.39, 0.29) is 12.6 Å². The van der Waals surface area contributed by atoms with Crippen LogP contribution in [0.25, 0.3) is 22.4 Å². The Morgan fingerprint density at radius 3 is 2.74 bits per heavy atom. The van der Waals surface area contributed by atoms with Crippen molar-refractivity contribution in [1.29, 1.82) is 0 Å². The maximum atomic E-state index is 12.8. The Kier molecular flexibility index (Phi) is 5.13. The first-order valence-corrected chi connectivity index (χ1v) is 8.69. The van der Waals surface area contributed by atoms with Crippen LogP contribution in [-0.2, 0) is 10.9 Å². The third-order valence-electron chi connectivity index (χ3n) is 3.56. The van der Waals surface area contributed by atoms with Gasteiger partial charge in [0.15, 0.2) is 0 Å². The van der Waals surface area contributed by atoms with E-state index in [4.69, 9.17) is 10.5 Å². The van der Waals surface area contributed by atoms with Crippen LogP contribution in [0.3, 0.4) is 0 Å². The smallest absolute Gasteiger partial charge is 0.416 e. The van der Waals surface area contributed by atoms with Gasteiger partial charge < -0.3 is 10.5 Å². The van der Waals surface area contributed by atoms with Crippen LogP contribution in [0.5, 0.6) is 0 Å². The molecule has 5 nitrogen and oxygen atoms in total. The molecule has 9 heteroatoms. The summed E-state index contributed by atoms with van der Waals surface area (Å²) in [6, 6.07) is 6.50. The van der Waals surface area contributed by atoms with Gasteiger partial charge in [0.25, 0.3) is 0 Å². The third-order valence-corrected chi connectivity index (χ3v) is 4.57. The second-order valence-corrected chi connectivity index (χ2v) is 6.50. The summed E-state index contributed by atoms with van der Waals surface area (Å²) in [6.07, 6.45) is -1.38. The van der Waals surface area contributed by atoms with E-state index in [0.29, 0.717) is 26.4 Å². The van der Waals surface area contributed by atoms with E-state index in [1.54, 1.807) is 19.1 Å². The van der Waals surface area contributed by atoms with Crippen LogP contribution < -0.4 is 5.73 Å². The minimum absolute atomic E-state index is 0.00320. The maximum Gasteiger partial charge on any atom is 0.416 e. The minimum Gasteiger partial charge on any atom is -0.462 e. The molecule has 0 saturated heterocycles.